The van der Waals surface area contributed by atoms with Crippen LogP contribution < -0.4 is 5.32 Å². The highest BCUT2D eigenvalue weighted by atomic mass is 35.5. The zero-order valence-corrected chi connectivity index (χ0v) is 13.5. The van der Waals surface area contributed by atoms with Crippen molar-refractivity contribution in [1.82, 2.24) is 4.98 Å². The number of hydrogen-bond donors (Lipinski definition) is 1. The summed E-state index contributed by atoms with van der Waals surface area (Å²) in [5.74, 6) is -0.480. The Hall–Kier alpha value is -1.01. The van der Waals surface area contributed by atoms with Gasteiger partial charge in [0.2, 0.25) is 0 Å². The Morgan fingerprint density at radius 1 is 1.25 bits per heavy atom. The summed E-state index contributed by atoms with van der Waals surface area (Å²) in [4.78, 5) is 16.4. The number of thiazole rings is 1. The van der Waals surface area contributed by atoms with Gasteiger partial charge in [-0.1, -0.05) is 34.8 Å². The molecule has 20 heavy (non-hydrogen) atoms. The van der Waals surface area contributed by atoms with Gasteiger partial charge in [0.1, 0.15) is 0 Å². The summed E-state index contributed by atoms with van der Waals surface area (Å²) in [6.07, 6.45) is 0. The molecule has 106 valence electrons. The summed E-state index contributed by atoms with van der Waals surface area (Å²) in [5, 5.41) is 4.67. The summed E-state index contributed by atoms with van der Waals surface area (Å²) in [6.45, 7) is 1.78. The van der Waals surface area contributed by atoms with Gasteiger partial charge in [-0.05, 0) is 19.1 Å². The first-order valence-corrected chi connectivity index (χ1v) is 7.34. The van der Waals surface area contributed by atoms with Crippen molar-refractivity contribution in [1.29, 1.82) is 0 Å². The molecule has 8 heteroatoms. The van der Waals surface area contributed by atoms with Crippen molar-refractivity contribution in [3.63, 3.8) is 0 Å². The molecule has 1 aromatic carbocycles. The molecule has 0 saturated heterocycles. The Bertz CT molecular complexity index is 673. The van der Waals surface area contributed by atoms with Gasteiger partial charge in [-0.3, -0.25) is 0 Å². The lowest BCUT2D eigenvalue weighted by Crippen LogP contribution is -2.03. The van der Waals surface area contributed by atoms with Crippen molar-refractivity contribution in [2.45, 2.75) is 6.92 Å². The number of methoxy groups -OCH3 is 1. The number of ether oxygens (including phenoxy) is 1. The topological polar surface area (TPSA) is 51.2 Å². The summed E-state index contributed by atoms with van der Waals surface area (Å²) < 4.78 is 4.65. The van der Waals surface area contributed by atoms with Crippen molar-refractivity contribution in [3.05, 3.63) is 37.8 Å². The van der Waals surface area contributed by atoms with E-state index in [1.807, 2.05) is 0 Å². The maximum absolute atomic E-state index is 11.5. The lowest BCUT2D eigenvalue weighted by Gasteiger charge is -2.06. The van der Waals surface area contributed by atoms with Crippen LogP contribution in [0.25, 0.3) is 0 Å². The second kappa shape index (κ2) is 6.18. The zero-order valence-electron chi connectivity index (χ0n) is 10.5. The Morgan fingerprint density at radius 2 is 1.90 bits per heavy atom. The van der Waals surface area contributed by atoms with Crippen molar-refractivity contribution in [2.24, 2.45) is 0 Å². The van der Waals surface area contributed by atoms with Gasteiger partial charge < -0.3 is 10.1 Å². The molecule has 0 spiro atoms. The molecular formula is C12H9Cl3N2O2S. The number of hydrogen-bond acceptors (Lipinski definition) is 5. The molecular weight excluding hydrogens is 343 g/mol. The van der Waals surface area contributed by atoms with E-state index in [4.69, 9.17) is 34.8 Å². The van der Waals surface area contributed by atoms with E-state index in [1.54, 1.807) is 13.0 Å². The normalized spacial score (nSPS) is 10.4. The maximum atomic E-state index is 11.5. The van der Waals surface area contributed by atoms with Gasteiger partial charge in [-0.25, -0.2) is 9.78 Å². The van der Waals surface area contributed by atoms with Gasteiger partial charge in [0.15, 0.2) is 10.8 Å². The highest BCUT2D eigenvalue weighted by molar-refractivity contribution is 7.15. The molecule has 0 atom stereocenters. The molecule has 0 aliphatic heterocycles. The van der Waals surface area contributed by atoms with Crippen molar-refractivity contribution in [3.8, 4) is 0 Å². The fourth-order valence-electron chi connectivity index (χ4n) is 1.47. The second-order valence-corrected chi connectivity index (χ2v) is 6.21. The van der Waals surface area contributed by atoms with Crippen LogP contribution in [0.3, 0.4) is 0 Å². The van der Waals surface area contributed by atoms with Gasteiger partial charge >= 0.3 is 5.97 Å². The summed E-state index contributed by atoms with van der Waals surface area (Å²) in [6, 6.07) is 3.14. The SMILES string of the molecule is COC(=O)c1nc(Nc2cc(Cl)c(Cl)cc2Cl)sc1C. The third kappa shape index (κ3) is 3.17. The molecule has 0 fully saturated rings. The van der Waals surface area contributed by atoms with Crippen LogP contribution in [0.1, 0.15) is 15.4 Å². The van der Waals surface area contributed by atoms with Gasteiger partial charge in [0.25, 0.3) is 0 Å². The van der Waals surface area contributed by atoms with Gasteiger partial charge in [-0.15, -0.1) is 11.3 Å². The number of anilines is 2. The van der Waals surface area contributed by atoms with Gasteiger partial charge in [-0.2, -0.15) is 0 Å². The first-order valence-electron chi connectivity index (χ1n) is 5.39. The van der Waals surface area contributed by atoms with Crippen LogP contribution in [0.5, 0.6) is 0 Å². The Balaban J connectivity index is 2.31. The average Bonchev–Trinajstić information content (AvgIpc) is 2.76. The second-order valence-electron chi connectivity index (χ2n) is 3.79. The predicted octanol–water partition coefficient (Wildman–Crippen LogP) is 4.94. The van der Waals surface area contributed by atoms with E-state index in [1.165, 1.54) is 24.5 Å². The summed E-state index contributed by atoms with van der Waals surface area (Å²) in [5.41, 5.74) is 0.836. The van der Waals surface area contributed by atoms with E-state index in [9.17, 15) is 4.79 Å². The molecule has 0 amide bonds. The van der Waals surface area contributed by atoms with Gasteiger partial charge in [0.05, 0.1) is 27.9 Å². The Morgan fingerprint density at radius 3 is 2.55 bits per heavy atom. The lowest BCUT2D eigenvalue weighted by atomic mass is 10.3. The molecule has 1 N–H and O–H groups in total. The largest absolute Gasteiger partial charge is 0.464 e. The third-order valence-corrected chi connectivity index (χ3v) is 4.35. The Labute approximate surface area is 134 Å². The molecule has 0 aliphatic rings. The number of aryl methyl sites for hydroxylation is 1. The van der Waals surface area contributed by atoms with E-state index < -0.39 is 5.97 Å². The Kier molecular flexibility index (Phi) is 4.75. The smallest absolute Gasteiger partial charge is 0.357 e. The van der Waals surface area contributed by atoms with Crippen molar-refractivity contribution < 1.29 is 9.53 Å². The summed E-state index contributed by atoms with van der Waals surface area (Å²) >= 11 is 19.2. The predicted molar refractivity (Wildman–Crippen MR) is 82.9 cm³/mol. The van der Waals surface area contributed by atoms with E-state index >= 15 is 0 Å². The highest BCUT2D eigenvalue weighted by Crippen LogP contribution is 2.35. The number of benzene rings is 1. The molecule has 2 rings (SSSR count). The van der Waals surface area contributed by atoms with Crippen LogP contribution in [0.15, 0.2) is 12.1 Å². The van der Waals surface area contributed by atoms with Crippen LogP contribution in [-0.4, -0.2) is 18.1 Å². The average molecular weight is 352 g/mol. The van der Waals surface area contributed by atoms with Crippen LogP contribution in [0.2, 0.25) is 15.1 Å². The van der Waals surface area contributed by atoms with E-state index in [-0.39, 0.29) is 5.69 Å². The third-order valence-electron chi connectivity index (χ3n) is 2.43. The fraction of sp³-hybridized carbons (Fsp3) is 0.167. The first-order chi connectivity index (χ1) is 9.42. The monoisotopic (exact) mass is 350 g/mol. The lowest BCUT2D eigenvalue weighted by molar-refractivity contribution is 0.0594. The van der Waals surface area contributed by atoms with Crippen LogP contribution in [0, 0.1) is 6.92 Å². The number of nitrogens with zero attached hydrogens (tertiary/aromatic N) is 1. The highest BCUT2D eigenvalue weighted by Gasteiger charge is 2.16. The minimum Gasteiger partial charge on any atom is -0.464 e. The molecule has 0 aliphatic carbocycles. The van der Waals surface area contributed by atoms with Gasteiger partial charge in [0, 0.05) is 4.88 Å². The van der Waals surface area contributed by atoms with Crippen molar-refractivity contribution in [2.75, 3.05) is 12.4 Å². The standard InChI is InChI=1S/C12H9Cl3N2O2S/c1-5-10(11(18)19-2)17-12(20-5)16-9-4-7(14)6(13)3-8(9)15/h3-4H,1-2H3,(H,16,17). The molecule has 4 nitrogen and oxygen atoms in total. The fourth-order valence-corrected chi connectivity index (χ4v) is 2.88. The van der Waals surface area contributed by atoms with E-state index in [0.29, 0.717) is 25.9 Å². The minimum atomic E-state index is -0.480. The summed E-state index contributed by atoms with van der Waals surface area (Å²) in [7, 11) is 1.31. The van der Waals surface area contributed by atoms with Crippen molar-refractivity contribution >= 4 is 62.9 Å². The number of rotatable bonds is 3. The number of carbonyl (C=O) groups is 1. The molecule has 1 aromatic heterocycles. The number of aromatic nitrogens is 1. The number of carbonyl (C=O) groups excluding carboxylic acids is 1. The number of nitrogens with one attached hydrogen (secondary N) is 1. The number of halogens is 3. The molecule has 0 saturated carbocycles. The van der Waals surface area contributed by atoms with E-state index in [2.05, 4.69) is 15.0 Å². The van der Waals surface area contributed by atoms with Crippen LogP contribution in [-0.2, 0) is 4.74 Å². The van der Waals surface area contributed by atoms with Crippen LogP contribution >= 0.6 is 46.1 Å². The number of esters is 1. The van der Waals surface area contributed by atoms with Crippen LogP contribution in [0.4, 0.5) is 10.8 Å². The molecule has 1 heterocycles. The molecule has 0 bridgehead atoms. The first kappa shape index (κ1) is 15.4. The molecule has 0 unspecified atom stereocenters. The maximum Gasteiger partial charge on any atom is 0.357 e. The quantitative estimate of drug-likeness (QED) is 0.628. The minimum absolute atomic E-state index is 0.274. The molecule has 0 radical (unpaired) electrons. The zero-order chi connectivity index (χ0) is 14.9. The molecule has 2 aromatic rings. The van der Waals surface area contributed by atoms with E-state index in [0.717, 1.165) is 4.88 Å².